The zero-order valence-electron chi connectivity index (χ0n) is 8.88. The van der Waals surface area contributed by atoms with Crippen molar-refractivity contribution in [3.05, 3.63) is 0 Å². The van der Waals surface area contributed by atoms with Crippen molar-refractivity contribution in [1.82, 2.24) is 10.2 Å². The Bertz CT molecular complexity index is 124. The largest absolute Gasteiger partial charge is 0.379 e. The second kappa shape index (κ2) is 6.35. The monoisotopic (exact) mass is 186 g/mol. The Morgan fingerprint density at radius 2 is 2.31 bits per heavy atom. The quantitative estimate of drug-likeness (QED) is 0.684. The fourth-order valence-electron chi connectivity index (χ4n) is 1.67. The summed E-state index contributed by atoms with van der Waals surface area (Å²) in [7, 11) is 2.19. The summed E-state index contributed by atoms with van der Waals surface area (Å²) in [6.45, 7) is 7.38. The smallest absolute Gasteiger partial charge is 0.0620 e. The van der Waals surface area contributed by atoms with E-state index in [1.807, 2.05) is 0 Å². The molecule has 3 heteroatoms. The average molecular weight is 186 g/mol. The maximum absolute atomic E-state index is 5.39. The fraction of sp³-hybridized carbons (Fsp3) is 1.00. The molecule has 1 aliphatic rings. The van der Waals surface area contributed by atoms with Gasteiger partial charge in [0.2, 0.25) is 0 Å². The number of ether oxygens (including phenoxy) is 1. The van der Waals surface area contributed by atoms with Gasteiger partial charge in [0.1, 0.15) is 0 Å². The van der Waals surface area contributed by atoms with Crippen LogP contribution >= 0.6 is 0 Å². The van der Waals surface area contributed by atoms with Crippen molar-refractivity contribution >= 4 is 0 Å². The van der Waals surface area contributed by atoms with Crippen molar-refractivity contribution in [2.45, 2.75) is 25.8 Å². The minimum atomic E-state index is 0.577. The molecule has 78 valence electrons. The molecule has 1 unspecified atom stereocenters. The van der Waals surface area contributed by atoms with Crippen LogP contribution in [-0.2, 0) is 4.74 Å². The third-order valence-electron chi connectivity index (χ3n) is 2.46. The fourth-order valence-corrected chi connectivity index (χ4v) is 1.67. The first-order valence-corrected chi connectivity index (χ1v) is 5.32. The van der Waals surface area contributed by atoms with Crippen molar-refractivity contribution in [2.24, 2.45) is 0 Å². The van der Waals surface area contributed by atoms with Crippen LogP contribution in [0.2, 0.25) is 0 Å². The molecule has 3 nitrogen and oxygen atoms in total. The molecule has 0 saturated carbocycles. The summed E-state index contributed by atoms with van der Waals surface area (Å²) in [4.78, 5) is 2.39. The minimum Gasteiger partial charge on any atom is -0.379 e. The Balaban J connectivity index is 2.03. The Labute approximate surface area is 81.4 Å². The van der Waals surface area contributed by atoms with Gasteiger partial charge in [-0.15, -0.1) is 0 Å². The van der Waals surface area contributed by atoms with E-state index < -0.39 is 0 Å². The molecule has 0 aromatic heterocycles. The Morgan fingerprint density at radius 1 is 1.46 bits per heavy atom. The molecule has 1 fully saturated rings. The van der Waals surface area contributed by atoms with Crippen LogP contribution in [0, 0.1) is 0 Å². The van der Waals surface area contributed by atoms with E-state index in [2.05, 4.69) is 24.2 Å². The highest BCUT2D eigenvalue weighted by Gasteiger charge is 2.12. The summed E-state index contributed by atoms with van der Waals surface area (Å²) in [6, 6.07) is 0.577. The molecular formula is C10H22N2O. The van der Waals surface area contributed by atoms with Crippen LogP contribution in [0.1, 0.15) is 19.8 Å². The first-order valence-electron chi connectivity index (χ1n) is 5.32. The lowest BCUT2D eigenvalue weighted by atomic mass is 10.2. The van der Waals surface area contributed by atoms with Gasteiger partial charge in [-0.2, -0.15) is 0 Å². The molecule has 0 aliphatic carbocycles. The highest BCUT2D eigenvalue weighted by Crippen LogP contribution is 1.99. The van der Waals surface area contributed by atoms with E-state index in [0.717, 1.165) is 19.8 Å². The Hall–Kier alpha value is -0.120. The summed E-state index contributed by atoms with van der Waals surface area (Å²) < 4.78 is 5.39. The minimum absolute atomic E-state index is 0.577. The number of nitrogens with zero attached hydrogens (tertiary/aromatic N) is 1. The number of morpholine rings is 1. The molecule has 1 aliphatic heterocycles. The SMILES string of the molecule is CCCN(C)CCC1COCCN1. The number of nitrogens with one attached hydrogen (secondary N) is 1. The van der Waals surface area contributed by atoms with Crippen LogP contribution in [0.4, 0.5) is 0 Å². The predicted molar refractivity (Wildman–Crippen MR) is 55.0 cm³/mol. The van der Waals surface area contributed by atoms with E-state index in [1.54, 1.807) is 0 Å². The highest BCUT2D eigenvalue weighted by atomic mass is 16.5. The average Bonchev–Trinajstić information content (AvgIpc) is 2.17. The van der Waals surface area contributed by atoms with Gasteiger partial charge in [-0.05, 0) is 33.0 Å². The molecular weight excluding hydrogens is 164 g/mol. The lowest BCUT2D eigenvalue weighted by Gasteiger charge is -2.25. The van der Waals surface area contributed by atoms with Gasteiger partial charge in [0, 0.05) is 12.6 Å². The van der Waals surface area contributed by atoms with Crippen LogP contribution in [0.5, 0.6) is 0 Å². The van der Waals surface area contributed by atoms with E-state index in [9.17, 15) is 0 Å². The van der Waals surface area contributed by atoms with E-state index in [0.29, 0.717) is 6.04 Å². The second-order valence-corrected chi connectivity index (χ2v) is 3.82. The number of hydrogen-bond acceptors (Lipinski definition) is 3. The third-order valence-corrected chi connectivity index (χ3v) is 2.46. The molecule has 0 radical (unpaired) electrons. The highest BCUT2D eigenvalue weighted by molar-refractivity contribution is 4.71. The molecule has 0 spiro atoms. The van der Waals surface area contributed by atoms with Crippen molar-refractivity contribution in [3.8, 4) is 0 Å². The molecule has 1 rings (SSSR count). The van der Waals surface area contributed by atoms with E-state index >= 15 is 0 Å². The molecule has 0 aromatic carbocycles. The van der Waals surface area contributed by atoms with Crippen molar-refractivity contribution in [2.75, 3.05) is 39.9 Å². The summed E-state index contributed by atoms with van der Waals surface area (Å²) >= 11 is 0. The van der Waals surface area contributed by atoms with Crippen molar-refractivity contribution in [1.29, 1.82) is 0 Å². The molecule has 1 heterocycles. The van der Waals surface area contributed by atoms with E-state index in [-0.39, 0.29) is 0 Å². The van der Waals surface area contributed by atoms with Crippen molar-refractivity contribution < 1.29 is 4.74 Å². The van der Waals surface area contributed by atoms with E-state index in [4.69, 9.17) is 4.74 Å². The Kier molecular flexibility index (Phi) is 5.35. The van der Waals surface area contributed by atoms with Crippen LogP contribution in [-0.4, -0.2) is 50.8 Å². The standard InChI is InChI=1S/C10H22N2O/c1-3-6-12(2)7-4-10-9-13-8-5-11-10/h10-11H,3-9H2,1-2H3. The third kappa shape index (κ3) is 4.60. The topological polar surface area (TPSA) is 24.5 Å². The van der Waals surface area contributed by atoms with Gasteiger partial charge in [0.05, 0.1) is 13.2 Å². The van der Waals surface area contributed by atoms with E-state index in [1.165, 1.54) is 25.9 Å². The summed E-state index contributed by atoms with van der Waals surface area (Å²) in [5, 5.41) is 3.46. The van der Waals surface area contributed by atoms with Gasteiger partial charge < -0.3 is 15.0 Å². The van der Waals surface area contributed by atoms with Crippen LogP contribution in [0.3, 0.4) is 0 Å². The van der Waals surface area contributed by atoms with Crippen LogP contribution in [0.15, 0.2) is 0 Å². The summed E-state index contributed by atoms with van der Waals surface area (Å²) in [5.41, 5.74) is 0. The Morgan fingerprint density at radius 3 is 2.92 bits per heavy atom. The van der Waals surface area contributed by atoms with Crippen LogP contribution in [0.25, 0.3) is 0 Å². The molecule has 1 N–H and O–H groups in total. The second-order valence-electron chi connectivity index (χ2n) is 3.82. The molecule has 13 heavy (non-hydrogen) atoms. The first-order chi connectivity index (χ1) is 6.33. The maximum atomic E-state index is 5.39. The molecule has 0 bridgehead atoms. The lowest BCUT2D eigenvalue weighted by Crippen LogP contribution is -2.42. The zero-order chi connectivity index (χ0) is 9.52. The molecule has 1 atom stereocenters. The van der Waals surface area contributed by atoms with Gasteiger partial charge in [-0.1, -0.05) is 6.92 Å². The predicted octanol–water partition coefficient (Wildman–Crippen LogP) is 0.707. The van der Waals surface area contributed by atoms with Gasteiger partial charge in [-0.25, -0.2) is 0 Å². The summed E-state index contributed by atoms with van der Waals surface area (Å²) in [6.07, 6.45) is 2.45. The molecule has 1 saturated heterocycles. The molecule has 0 amide bonds. The maximum Gasteiger partial charge on any atom is 0.0620 e. The zero-order valence-corrected chi connectivity index (χ0v) is 8.88. The number of rotatable bonds is 5. The van der Waals surface area contributed by atoms with Gasteiger partial charge in [-0.3, -0.25) is 0 Å². The normalized spacial score (nSPS) is 23.8. The molecule has 0 aromatic rings. The van der Waals surface area contributed by atoms with Gasteiger partial charge >= 0.3 is 0 Å². The van der Waals surface area contributed by atoms with Gasteiger partial charge in [0.25, 0.3) is 0 Å². The number of hydrogen-bond donors (Lipinski definition) is 1. The van der Waals surface area contributed by atoms with Crippen LogP contribution < -0.4 is 5.32 Å². The van der Waals surface area contributed by atoms with Gasteiger partial charge in [0.15, 0.2) is 0 Å². The first kappa shape index (κ1) is 11.0. The summed E-state index contributed by atoms with van der Waals surface area (Å²) in [5.74, 6) is 0. The van der Waals surface area contributed by atoms with Crippen molar-refractivity contribution in [3.63, 3.8) is 0 Å². The lowest BCUT2D eigenvalue weighted by molar-refractivity contribution is 0.0710.